The Morgan fingerprint density at radius 2 is 1.86 bits per heavy atom. The average molecular weight is 285 g/mol. The van der Waals surface area contributed by atoms with E-state index in [0.717, 1.165) is 12.8 Å². The minimum atomic E-state index is -0.268. The molecule has 21 heavy (non-hydrogen) atoms. The molecule has 0 bridgehead atoms. The minimum Gasteiger partial charge on any atom is -0.364 e. The second-order valence-electron chi connectivity index (χ2n) is 6.63. The molecule has 0 aliphatic heterocycles. The van der Waals surface area contributed by atoms with Gasteiger partial charge in [-0.1, -0.05) is 30.4 Å². The number of nitrogens with zero attached hydrogens (tertiary/aromatic N) is 1. The van der Waals surface area contributed by atoms with E-state index in [2.05, 4.69) is 6.58 Å². The van der Waals surface area contributed by atoms with Crippen molar-refractivity contribution in [2.24, 2.45) is 5.41 Å². The molecule has 1 aromatic carbocycles. The van der Waals surface area contributed by atoms with Gasteiger partial charge in [0.1, 0.15) is 0 Å². The normalized spacial score (nSPS) is 21.3. The standard InChI is InChI=1S/C18H23NO2/c1-14-12-18(13-14)10-8-16(9-11-18)19(2)21-17(20)15-6-4-3-5-7-15/h3-7,16H,1,8-13H2,2H3. The van der Waals surface area contributed by atoms with Gasteiger partial charge in [-0.3, -0.25) is 0 Å². The molecule has 0 N–H and O–H groups in total. The van der Waals surface area contributed by atoms with Crippen LogP contribution in [-0.2, 0) is 4.84 Å². The summed E-state index contributed by atoms with van der Waals surface area (Å²) in [5.74, 6) is -0.268. The molecule has 112 valence electrons. The number of carbonyl (C=O) groups is 1. The molecule has 1 aromatic rings. The Balaban J connectivity index is 1.51. The second kappa shape index (κ2) is 5.64. The van der Waals surface area contributed by atoms with Crippen LogP contribution in [0.3, 0.4) is 0 Å². The van der Waals surface area contributed by atoms with Crippen molar-refractivity contribution in [2.75, 3.05) is 7.05 Å². The number of rotatable bonds is 3. The van der Waals surface area contributed by atoms with E-state index < -0.39 is 0 Å². The maximum atomic E-state index is 12.1. The van der Waals surface area contributed by atoms with Crippen molar-refractivity contribution in [3.63, 3.8) is 0 Å². The van der Waals surface area contributed by atoms with Gasteiger partial charge in [0.25, 0.3) is 0 Å². The lowest BCUT2D eigenvalue weighted by atomic mass is 9.58. The molecule has 0 saturated heterocycles. The lowest BCUT2D eigenvalue weighted by Crippen LogP contribution is -2.42. The Kier molecular flexibility index (Phi) is 3.85. The molecule has 3 nitrogen and oxygen atoms in total. The SMILES string of the molecule is C=C1CC2(CCC(N(C)OC(=O)c3ccccc3)CC2)C1. The first-order valence-electron chi connectivity index (χ1n) is 7.75. The third-order valence-electron chi connectivity index (χ3n) is 5.02. The Hall–Kier alpha value is -1.61. The number of benzene rings is 1. The summed E-state index contributed by atoms with van der Waals surface area (Å²) in [5.41, 5.74) is 2.53. The quantitative estimate of drug-likeness (QED) is 0.621. The van der Waals surface area contributed by atoms with Crippen molar-refractivity contribution < 1.29 is 9.63 Å². The highest BCUT2D eigenvalue weighted by Gasteiger charge is 2.43. The van der Waals surface area contributed by atoms with Crippen LogP contribution in [0, 0.1) is 5.41 Å². The Bertz CT molecular complexity index is 519. The van der Waals surface area contributed by atoms with E-state index in [-0.39, 0.29) is 5.97 Å². The molecule has 1 spiro atoms. The van der Waals surface area contributed by atoms with E-state index >= 15 is 0 Å². The summed E-state index contributed by atoms with van der Waals surface area (Å²) >= 11 is 0. The Morgan fingerprint density at radius 3 is 2.43 bits per heavy atom. The zero-order chi connectivity index (χ0) is 14.9. The van der Waals surface area contributed by atoms with E-state index in [1.54, 1.807) is 17.2 Å². The molecule has 0 atom stereocenters. The van der Waals surface area contributed by atoms with Crippen LogP contribution < -0.4 is 0 Å². The fourth-order valence-electron chi connectivity index (χ4n) is 3.77. The number of allylic oxidation sites excluding steroid dienone is 1. The fourth-order valence-corrected chi connectivity index (χ4v) is 3.77. The second-order valence-corrected chi connectivity index (χ2v) is 6.63. The van der Waals surface area contributed by atoms with Crippen LogP contribution in [0.1, 0.15) is 48.9 Å². The van der Waals surface area contributed by atoms with Crippen LogP contribution in [0.5, 0.6) is 0 Å². The predicted molar refractivity (Wildman–Crippen MR) is 82.7 cm³/mol. The highest BCUT2D eigenvalue weighted by Crippen LogP contribution is 2.54. The summed E-state index contributed by atoms with van der Waals surface area (Å²) in [6, 6.07) is 9.51. The molecule has 3 heteroatoms. The zero-order valence-electron chi connectivity index (χ0n) is 12.7. The molecule has 2 aliphatic carbocycles. The van der Waals surface area contributed by atoms with Gasteiger partial charge in [-0.15, -0.1) is 5.06 Å². The van der Waals surface area contributed by atoms with E-state index in [9.17, 15) is 4.79 Å². The Morgan fingerprint density at radius 1 is 1.24 bits per heavy atom. The maximum Gasteiger partial charge on any atom is 0.357 e. The van der Waals surface area contributed by atoms with Gasteiger partial charge in [-0.25, -0.2) is 4.79 Å². The number of hydrogen-bond acceptors (Lipinski definition) is 3. The molecule has 0 unspecified atom stereocenters. The molecule has 2 saturated carbocycles. The topological polar surface area (TPSA) is 29.5 Å². The van der Waals surface area contributed by atoms with Crippen molar-refractivity contribution in [1.29, 1.82) is 0 Å². The summed E-state index contributed by atoms with van der Waals surface area (Å²) in [5, 5.41) is 1.76. The summed E-state index contributed by atoms with van der Waals surface area (Å²) in [7, 11) is 1.88. The predicted octanol–water partition coefficient (Wildman–Crippen LogP) is 3.97. The highest BCUT2D eigenvalue weighted by atomic mass is 16.7. The first kappa shape index (κ1) is 14.3. The van der Waals surface area contributed by atoms with Crippen molar-refractivity contribution in [3.8, 4) is 0 Å². The average Bonchev–Trinajstić information content (AvgIpc) is 2.47. The van der Waals surface area contributed by atoms with Gasteiger partial charge in [-0.2, -0.15) is 0 Å². The van der Waals surface area contributed by atoms with Crippen molar-refractivity contribution in [2.45, 2.75) is 44.6 Å². The van der Waals surface area contributed by atoms with Crippen LogP contribution in [0.25, 0.3) is 0 Å². The lowest BCUT2D eigenvalue weighted by molar-refractivity contribution is -0.133. The lowest BCUT2D eigenvalue weighted by Gasteiger charge is -2.49. The third kappa shape index (κ3) is 3.03. The van der Waals surface area contributed by atoms with Gasteiger partial charge in [0.2, 0.25) is 0 Å². The summed E-state index contributed by atoms with van der Waals surface area (Å²) in [6.45, 7) is 4.06. The van der Waals surface area contributed by atoms with E-state index in [1.807, 2.05) is 25.2 Å². The van der Waals surface area contributed by atoms with E-state index in [0.29, 0.717) is 17.0 Å². The van der Waals surface area contributed by atoms with Gasteiger partial charge in [0, 0.05) is 13.1 Å². The smallest absolute Gasteiger partial charge is 0.357 e. The van der Waals surface area contributed by atoms with Crippen LogP contribution in [-0.4, -0.2) is 24.1 Å². The fraction of sp³-hybridized carbons (Fsp3) is 0.500. The van der Waals surface area contributed by atoms with Crippen LogP contribution in [0.2, 0.25) is 0 Å². The molecule has 3 rings (SSSR count). The van der Waals surface area contributed by atoms with Crippen molar-refractivity contribution in [1.82, 2.24) is 5.06 Å². The van der Waals surface area contributed by atoms with Gasteiger partial charge < -0.3 is 4.84 Å². The van der Waals surface area contributed by atoms with Crippen molar-refractivity contribution >= 4 is 5.97 Å². The zero-order valence-corrected chi connectivity index (χ0v) is 12.7. The van der Waals surface area contributed by atoms with E-state index in [4.69, 9.17) is 4.84 Å². The van der Waals surface area contributed by atoms with Crippen molar-refractivity contribution in [3.05, 3.63) is 48.0 Å². The molecule has 0 radical (unpaired) electrons. The summed E-state index contributed by atoms with van der Waals surface area (Å²) in [6.07, 6.45) is 7.06. The van der Waals surface area contributed by atoms with Gasteiger partial charge in [0.05, 0.1) is 5.56 Å². The molecule has 2 fully saturated rings. The largest absolute Gasteiger partial charge is 0.364 e. The molecule has 0 aromatic heterocycles. The molecular formula is C18H23NO2. The van der Waals surface area contributed by atoms with Crippen LogP contribution in [0.15, 0.2) is 42.5 Å². The minimum absolute atomic E-state index is 0.268. The monoisotopic (exact) mass is 285 g/mol. The van der Waals surface area contributed by atoms with Crippen LogP contribution >= 0.6 is 0 Å². The summed E-state index contributed by atoms with van der Waals surface area (Å²) in [4.78, 5) is 17.6. The maximum absolute atomic E-state index is 12.1. The van der Waals surface area contributed by atoms with Gasteiger partial charge >= 0.3 is 5.97 Å². The third-order valence-corrected chi connectivity index (χ3v) is 5.02. The first-order chi connectivity index (χ1) is 10.1. The number of hydrogen-bond donors (Lipinski definition) is 0. The first-order valence-corrected chi connectivity index (χ1v) is 7.75. The summed E-state index contributed by atoms with van der Waals surface area (Å²) < 4.78 is 0. The Labute approximate surface area is 126 Å². The molecular weight excluding hydrogens is 262 g/mol. The molecule has 0 amide bonds. The van der Waals surface area contributed by atoms with E-state index in [1.165, 1.54) is 31.3 Å². The number of hydroxylamine groups is 2. The van der Waals surface area contributed by atoms with Gasteiger partial charge in [0.15, 0.2) is 0 Å². The van der Waals surface area contributed by atoms with Crippen LogP contribution in [0.4, 0.5) is 0 Å². The highest BCUT2D eigenvalue weighted by molar-refractivity contribution is 5.89. The van der Waals surface area contributed by atoms with Gasteiger partial charge in [-0.05, 0) is 56.1 Å². The number of carbonyl (C=O) groups excluding carboxylic acids is 1. The molecule has 2 aliphatic rings. The molecule has 0 heterocycles.